The second-order valence-electron chi connectivity index (χ2n) is 10.1. The summed E-state index contributed by atoms with van der Waals surface area (Å²) >= 11 is 6.51. The minimum atomic E-state index is -0.417. The molecule has 0 spiro atoms. The number of nitrogens with one attached hydrogen (secondary N) is 1. The molecule has 7 heteroatoms. The van der Waals surface area contributed by atoms with E-state index in [-0.39, 0.29) is 23.4 Å². The van der Waals surface area contributed by atoms with Gasteiger partial charge >= 0.3 is 0 Å². The smallest absolute Gasteiger partial charge is 0.135 e. The highest BCUT2D eigenvalue weighted by molar-refractivity contribution is 6.32. The molecule has 4 aromatic rings. The Hall–Kier alpha value is -3.22. The predicted molar refractivity (Wildman–Crippen MR) is 147 cm³/mol. The van der Waals surface area contributed by atoms with Crippen LogP contribution in [0.5, 0.6) is 5.75 Å². The summed E-state index contributed by atoms with van der Waals surface area (Å²) in [6.07, 6.45) is 1.21. The molecule has 0 saturated carbocycles. The number of hydrogen-bond acceptors (Lipinski definition) is 2. The van der Waals surface area contributed by atoms with Crippen molar-refractivity contribution < 1.29 is 17.9 Å². The first-order valence-electron chi connectivity index (χ1n) is 13.0. The monoisotopic (exact) mass is 536 g/mol. The van der Waals surface area contributed by atoms with Crippen LogP contribution in [0.15, 0.2) is 54.6 Å². The van der Waals surface area contributed by atoms with Crippen LogP contribution in [0.4, 0.5) is 13.2 Å². The van der Waals surface area contributed by atoms with Gasteiger partial charge in [0.25, 0.3) is 0 Å². The Labute approximate surface area is 224 Å². The standard InChI is InChI=1S/C31H28ClF3N2O/c1-2-21(22-8-7-20(34)12-25(22)32)31(28-11-19-5-3-4-6-27(19)36-28)30-24-13-23(24)29(14-26(30)35)38-10-9-37-16-18(15-33)17-37/h3-8,11-12,14,18,36H,2,9-10,13,15-17H2,1H3/b31-21-. The predicted octanol–water partition coefficient (Wildman–Crippen LogP) is 7.65. The lowest BCUT2D eigenvalue weighted by atomic mass is 9.90. The number of halogens is 4. The van der Waals surface area contributed by atoms with Gasteiger partial charge in [0.2, 0.25) is 0 Å². The van der Waals surface area contributed by atoms with Crippen LogP contribution in [-0.4, -0.2) is 42.8 Å². The van der Waals surface area contributed by atoms with Crippen LogP contribution in [0.1, 0.15) is 41.3 Å². The van der Waals surface area contributed by atoms with Gasteiger partial charge in [-0.2, -0.15) is 0 Å². The fraction of sp³-hybridized carbons (Fsp3) is 0.290. The van der Waals surface area contributed by atoms with Gasteiger partial charge in [-0.3, -0.25) is 9.29 Å². The van der Waals surface area contributed by atoms with Crippen LogP contribution in [-0.2, 0) is 6.42 Å². The summed E-state index contributed by atoms with van der Waals surface area (Å²) in [4.78, 5) is 5.61. The molecule has 1 fully saturated rings. The first kappa shape index (κ1) is 25.1. The number of H-pyrrole nitrogens is 1. The number of fused-ring (bicyclic) bond motifs is 2. The molecule has 3 aromatic carbocycles. The lowest BCUT2D eigenvalue weighted by Crippen LogP contribution is -2.49. The molecule has 0 unspecified atom stereocenters. The summed E-state index contributed by atoms with van der Waals surface area (Å²) in [5.41, 5.74) is 6.42. The van der Waals surface area contributed by atoms with Crippen LogP contribution in [0.2, 0.25) is 5.02 Å². The zero-order valence-corrected chi connectivity index (χ0v) is 21.8. The molecule has 1 aromatic heterocycles. The molecule has 38 heavy (non-hydrogen) atoms. The van der Waals surface area contributed by atoms with Crippen molar-refractivity contribution in [3.8, 4) is 5.75 Å². The van der Waals surface area contributed by atoms with Crippen LogP contribution in [0, 0.1) is 17.6 Å². The minimum Gasteiger partial charge on any atom is -0.492 e. The topological polar surface area (TPSA) is 28.3 Å². The SMILES string of the molecule is CC/C(=C(\c1cc2ccccc2[nH]1)c1c(F)cc(OCCN2CC(CF)C2)c2c1C2)c1ccc(F)cc1Cl. The van der Waals surface area contributed by atoms with E-state index in [4.69, 9.17) is 16.3 Å². The van der Waals surface area contributed by atoms with Crippen LogP contribution >= 0.6 is 11.6 Å². The van der Waals surface area contributed by atoms with E-state index >= 15 is 4.39 Å². The Morgan fingerprint density at radius 1 is 1.08 bits per heavy atom. The van der Waals surface area contributed by atoms with Gasteiger partial charge in [-0.15, -0.1) is 0 Å². The number of hydrogen-bond donors (Lipinski definition) is 1. The first-order valence-corrected chi connectivity index (χ1v) is 13.4. The number of benzene rings is 3. The molecule has 2 aliphatic rings. The van der Waals surface area contributed by atoms with Crippen molar-refractivity contribution in [2.24, 2.45) is 5.92 Å². The fourth-order valence-corrected chi connectivity index (χ4v) is 5.84. The Bertz CT molecular complexity index is 1520. The molecule has 1 saturated heterocycles. The maximum Gasteiger partial charge on any atom is 0.135 e. The van der Waals surface area contributed by atoms with E-state index in [1.807, 2.05) is 37.3 Å². The average molecular weight is 537 g/mol. The van der Waals surface area contributed by atoms with Crippen LogP contribution < -0.4 is 4.74 Å². The number of para-hydroxylation sites is 1. The van der Waals surface area contributed by atoms with Crippen molar-refractivity contribution in [3.05, 3.63) is 99.2 Å². The highest BCUT2D eigenvalue weighted by atomic mass is 35.5. The van der Waals surface area contributed by atoms with Gasteiger partial charge in [-0.05, 0) is 47.4 Å². The molecule has 0 amide bonds. The number of aromatic amines is 1. The molecule has 1 aliphatic carbocycles. The van der Waals surface area contributed by atoms with Gasteiger partial charge < -0.3 is 9.72 Å². The van der Waals surface area contributed by atoms with E-state index in [1.54, 1.807) is 6.07 Å². The zero-order chi connectivity index (χ0) is 26.4. The molecule has 0 atom stereocenters. The quantitative estimate of drug-likeness (QED) is 0.196. The van der Waals surface area contributed by atoms with E-state index in [9.17, 15) is 8.78 Å². The highest BCUT2D eigenvalue weighted by Gasteiger charge is 2.34. The van der Waals surface area contributed by atoms with E-state index in [1.165, 1.54) is 18.2 Å². The van der Waals surface area contributed by atoms with Crippen molar-refractivity contribution in [2.45, 2.75) is 19.8 Å². The third-order valence-electron chi connectivity index (χ3n) is 7.57. The minimum absolute atomic E-state index is 0.127. The summed E-state index contributed by atoms with van der Waals surface area (Å²) in [6.45, 7) is 4.32. The largest absolute Gasteiger partial charge is 0.492 e. The van der Waals surface area contributed by atoms with Gasteiger partial charge in [-0.1, -0.05) is 42.8 Å². The lowest BCUT2D eigenvalue weighted by Gasteiger charge is -2.37. The number of rotatable bonds is 9. The third-order valence-corrected chi connectivity index (χ3v) is 7.88. The number of allylic oxidation sites excluding steroid dienone is 1. The Morgan fingerprint density at radius 2 is 1.89 bits per heavy atom. The second kappa shape index (κ2) is 10.2. The van der Waals surface area contributed by atoms with Crippen LogP contribution in [0.3, 0.4) is 0 Å². The maximum absolute atomic E-state index is 16.0. The number of likely N-dealkylation sites (tertiary alicyclic amines) is 1. The van der Waals surface area contributed by atoms with Crippen molar-refractivity contribution in [1.82, 2.24) is 9.88 Å². The molecule has 0 radical (unpaired) electrons. The maximum atomic E-state index is 16.0. The molecule has 2 heterocycles. The molecule has 1 N–H and O–H groups in total. The van der Waals surface area contributed by atoms with Gasteiger partial charge in [-0.25, -0.2) is 8.78 Å². The summed E-state index contributed by atoms with van der Waals surface area (Å²) in [7, 11) is 0. The van der Waals surface area contributed by atoms with E-state index in [2.05, 4.69) is 9.88 Å². The molecule has 196 valence electrons. The Balaban J connectivity index is 1.41. The Kier molecular flexibility index (Phi) is 6.70. The summed E-state index contributed by atoms with van der Waals surface area (Å²) in [5.74, 6) is -0.0882. The molecule has 0 bridgehead atoms. The fourth-order valence-electron chi connectivity index (χ4n) is 5.56. The van der Waals surface area contributed by atoms with Crippen molar-refractivity contribution >= 4 is 33.7 Å². The molecule has 3 nitrogen and oxygen atoms in total. The second-order valence-corrected chi connectivity index (χ2v) is 10.5. The van der Waals surface area contributed by atoms with Crippen molar-refractivity contribution in [2.75, 3.05) is 32.9 Å². The van der Waals surface area contributed by atoms with E-state index < -0.39 is 5.82 Å². The van der Waals surface area contributed by atoms with Crippen LogP contribution in [0.25, 0.3) is 22.0 Å². The van der Waals surface area contributed by atoms with Gasteiger partial charge in [0, 0.05) is 71.3 Å². The first-order chi connectivity index (χ1) is 18.5. The highest BCUT2D eigenvalue weighted by Crippen LogP contribution is 2.48. The third kappa shape index (κ3) is 4.61. The van der Waals surface area contributed by atoms with Crippen molar-refractivity contribution in [3.63, 3.8) is 0 Å². The molecule has 6 rings (SSSR count). The van der Waals surface area contributed by atoms with Gasteiger partial charge in [0.15, 0.2) is 0 Å². The summed E-state index contributed by atoms with van der Waals surface area (Å²) in [6, 6.07) is 15.8. The number of alkyl halides is 1. The lowest BCUT2D eigenvalue weighted by molar-refractivity contribution is 0.0668. The normalized spacial score (nSPS) is 15.8. The molecular formula is C31H28ClF3N2O. The molecular weight excluding hydrogens is 509 g/mol. The summed E-state index contributed by atoms with van der Waals surface area (Å²) in [5, 5.41) is 1.31. The number of nitrogens with zero attached hydrogens (tertiary/aromatic N) is 1. The van der Waals surface area contributed by atoms with Crippen molar-refractivity contribution in [1.29, 1.82) is 0 Å². The van der Waals surface area contributed by atoms with E-state index in [0.29, 0.717) is 42.9 Å². The molecule has 1 aliphatic heterocycles. The van der Waals surface area contributed by atoms with E-state index in [0.717, 1.165) is 52.0 Å². The summed E-state index contributed by atoms with van der Waals surface area (Å²) < 4.78 is 48.6. The van der Waals surface area contributed by atoms with Gasteiger partial charge in [0.05, 0.1) is 11.7 Å². The average Bonchev–Trinajstić information content (AvgIpc) is 3.56. The zero-order valence-electron chi connectivity index (χ0n) is 21.1. The number of aromatic nitrogens is 1. The van der Waals surface area contributed by atoms with Gasteiger partial charge in [0.1, 0.15) is 24.0 Å². The number of ether oxygens (including phenoxy) is 1. The Morgan fingerprint density at radius 3 is 2.63 bits per heavy atom.